The minimum Gasteiger partial charge on any atom is -0.339 e. The van der Waals surface area contributed by atoms with Gasteiger partial charge in [-0.1, -0.05) is 37.3 Å². The maximum absolute atomic E-state index is 11.9. The minimum atomic E-state index is 0.350. The zero-order valence-electron chi connectivity index (χ0n) is 9.60. The van der Waals surface area contributed by atoms with Crippen LogP contribution in [0.15, 0.2) is 30.3 Å². The van der Waals surface area contributed by atoms with Crippen LogP contribution in [0, 0.1) is 5.92 Å². The molecule has 1 aromatic rings. The summed E-state index contributed by atoms with van der Waals surface area (Å²) in [7, 11) is 0. The maximum atomic E-state index is 11.9. The quantitative estimate of drug-likeness (QED) is 0.704. The van der Waals surface area contributed by atoms with Gasteiger partial charge in [0.15, 0.2) is 0 Å². The normalized spacial score (nSPS) is 33.2. The van der Waals surface area contributed by atoms with E-state index in [1.54, 1.807) is 0 Å². The molecule has 0 radical (unpaired) electrons. The molecule has 2 nitrogen and oxygen atoms in total. The van der Waals surface area contributed by atoms with Crippen molar-refractivity contribution in [1.82, 2.24) is 4.90 Å². The lowest BCUT2D eigenvalue weighted by atomic mass is 9.89. The van der Waals surface area contributed by atoms with Crippen molar-refractivity contribution in [2.45, 2.75) is 31.7 Å². The van der Waals surface area contributed by atoms with Crippen LogP contribution in [0.5, 0.6) is 0 Å². The SMILES string of the molecule is C[C@H]1C[C@@H]2[C@@H](c3ccccc3)CC(=O)N2C1. The molecular weight excluding hydrogens is 198 g/mol. The van der Waals surface area contributed by atoms with Crippen LogP contribution in [0.1, 0.15) is 31.2 Å². The lowest BCUT2D eigenvalue weighted by molar-refractivity contribution is -0.128. The summed E-state index contributed by atoms with van der Waals surface area (Å²) in [4.78, 5) is 14.0. The van der Waals surface area contributed by atoms with Crippen molar-refractivity contribution < 1.29 is 4.79 Å². The van der Waals surface area contributed by atoms with Crippen LogP contribution >= 0.6 is 0 Å². The lowest BCUT2D eigenvalue weighted by Crippen LogP contribution is -2.28. The molecule has 84 valence electrons. The number of rotatable bonds is 1. The Morgan fingerprint density at radius 2 is 2.00 bits per heavy atom. The predicted molar refractivity (Wildman–Crippen MR) is 63.1 cm³/mol. The van der Waals surface area contributed by atoms with Crippen LogP contribution < -0.4 is 0 Å². The van der Waals surface area contributed by atoms with Gasteiger partial charge in [0.1, 0.15) is 0 Å². The van der Waals surface area contributed by atoms with Gasteiger partial charge in [-0.3, -0.25) is 4.79 Å². The van der Waals surface area contributed by atoms with Crippen molar-refractivity contribution in [3.8, 4) is 0 Å². The van der Waals surface area contributed by atoms with Gasteiger partial charge in [-0.05, 0) is 17.9 Å². The third-order valence-corrected chi connectivity index (χ3v) is 3.96. The second kappa shape index (κ2) is 3.62. The molecule has 0 aliphatic carbocycles. The van der Waals surface area contributed by atoms with E-state index in [1.807, 2.05) is 6.07 Å². The molecular formula is C14H17NO. The van der Waals surface area contributed by atoms with E-state index in [0.717, 1.165) is 6.54 Å². The van der Waals surface area contributed by atoms with Gasteiger partial charge < -0.3 is 4.90 Å². The number of hydrogen-bond acceptors (Lipinski definition) is 1. The van der Waals surface area contributed by atoms with Gasteiger partial charge in [0.05, 0.1) is 0 Å². The molecule has 2 saturated heterocycles. The topological polar surface area (TPSA) is 20.3 Å². The molecule has 2 heteroatoms. The molecule has 0 spiro atoms. The number of carbonyl (C=O) groups excluding carboxylic acids is 1. The molecule has 2 aliphatic rings. The van der Waals surface area contributed by atoms with Crippen LogP contribution in [0.3, 0.4) is 0 Å². The number of amides is 1. The Kier molecular flexibility index (Phi) is 2.23. The molecule has 0 N–H and O–H groups in total. The second-order valence-corrected chi connectivity index (χ2v) is 5.18. The number of nitrogens with zero attached hydrogens (tertiary/aromatic N) is 1. The number of carbonyl (C=O) groups is 1. The fourth-order valence-corrected chi connectivity index (χ4v) is 3.24. The van der Waals surface area contributed by atoms with Gasteiger partial charge >= 0.3 is 0 Å². The van der Waals surface area contributed by atoms with E-state index in [4.69, 9.17) is 0 Å². The highest BCUT2D eigenvalue weighted by molar-refractivity contribution is 5.81. The van der Waals surface area contributed by atoms with E-state index in [-0.39, 0.29) is 0 Å². The zero-order chi connectivity index (χ0) is 11.1. The summed E-state index contributed by atoms with van der Waals surface area (Å²) >= 11 is 0. The van der Waals surface area contributed by atoms with Gasteiger partial charge in [-0.25, -0.2) is 0 Å². The van der Waals surface area contributed by atoms with E-state index in [1.165, 1.54) is 12.0 Å². The molecule has 0 aromatic heterocycles. The van der Waals surface area contributed by atoms with Crippen LogP contribution in [0.4, 0.5) is 0 Å². The number of hydrogen-bond donors (Lipinski definition) is 0. The van der Waals surface area contributed by atoms with Crippen molar-refractivity contribution in [3.63, 3.8) is 0 Å². The van der Waals surface area contributed by atoms with Crippen LogP contribution in [0.25, 0.3) is 0 Å². The van der Waals surface area contributed by atoms with Gasteiger partial charge in [0.2, 0.25) is 5.91 Å². The Morgan fingerprint density at radius 3 is 2.75 bits per heavy atom. The highest BCUT2D eigenvalue weighted by Gasteiger charge is 2.45. The summed E-state index contributed by atoms with van der Waals surface area (Å²) in [5.74, 6) is 1.45. The van der Waals surface area contributed by atoms with Gasteiger partial charge in [-0.15, -0.1) is 0 Å². The Hall–Kier alpha value is -1.31. The average Bonchev–Trinajstić information content (AvgIpc) is 2.80. The smallest absolute Gasteiger partial charge is 0.223 e. The van der Waals surface area contributed by atoms with Gasteiger partial charge in [0.25, 0.3) is 0 Å². The molecule has 0 saturated carbocycles. The second-order valence-electron chi connectivity index (χ2n) is 5.18. The molecule has 16 heavy (non-hydrogen) atoms. The molecule has 0 bridgehead atoms. The van der Waals surface area contributed by atoms with E-state index in [9.17, 15) is 4.79 Å². The van der Waals surface area contributed by atoms with Gasteiger partial charge in [-0.2, -0.15) is 0 Å². The van der Waals surface area contributed by atoms with Crippen molar-refractivity contribution in [2.24, 2.45) is 5.92 Å². The first-order chi connectivity index (χ1) is 7.75. The Balaban J connectivity index is 1.90. The Labute approximate surface area is 96.3 Å². The molecule has 2 fully saturated rings. The molecule has 3 rings (SSSR count). The van der Waals surface area contributed by atoms with E-state index < -0.39 is 0 Å². The fourth-order valence-electron chi connectivity index (χ4n) is 3.24. The minimum absolute atomic E-state index is 0.350. The average molecular weight is 215 g/mol. The predicted octanol–water partition coefficient (Wildman–Crippen LogP) is 2.41. The van der Waals surface area contributed by atoms with E-state index >= 15 is 0 Å². The standard InChI is InChI=1S/C14H17NO/c1-10-7-13-12(8-14(16)15(13)9-10)11-5-3-2-4-6-11/h2-6,10,12-13H,7-9H2,1H3/t10-,12+,13+/m0/s1. The summed E-state index contributed by atoms with van der Waals surface area (Å²) < 4.78 is 0. The molecule has 2 heterocycles. The van der Waals surface area contributed by atoms with E-state index in [0.29, 0.717) is 30.2 Å². The maximum Gasteiger partial charge on any atom is 0.223 e. The Morgan fingerprint density at radius 1 is 1.25 bits per heavy atom. The monoisotopic (exact) mass is 215 g/mol. The van der Waals surface area contributed by atoms with Gasteiger partial charge in [0, 0.05) is 24.9 Å². The zero-order valence-corrected chi connectivity index (χ0v) is 9.60. The molecule has 3 atom stereocenters. The summed E-state index contributed by atoms with van der Waals surface area (Å²) in [6.07, 6.45) is 1.88. The summed E-state index contributed by atoms with van der Waals surface area (Å²) in [5.41, 5.74) is 1.33. The van der Waals surface area contributed by atoms with Crippen LogP contribution in [-0.2, 0) is 4.79 Å². The first-order valence-electron chi connectivity index (χ1n) is 6.10. The Bertz CT molecular complexity index is 400. The number of benzene rings is 1. The largest absolute Gasteiger partial charge is 0.339 e. The fraction of sp³-hybridized carbons (Fsp3) is 0.500. The molecule has 1 aromatic carbocycles. The highest BCUT2D eigenvalue weighted by Crippen LogP contribution is 2.41. The highest BCUT2D eigenvalue weighted by atomic mass is 16.2. The van der Waals surface area contributed by atoms with Crippen molar-refractivity contribution in [1.29, 1.82) is 0 Å². The van der Waals surface area contributed by atoms with Crippen LogP contribution in [0.2, 0.25) is 0 Å². The van der Waals surface area contributed by atoms with Crippen molar-refractivity contribution in [2.75, 3.05) is 6.54 Å². The third-order valence-electron chi connectivity index (χ3n) is 3.96. The molecule has 1 amide bonds. The summed E-state index contributed by atoms with van der Waals surface area (Å²) in [6.45, 7) is 3.21. The first-order valence-corrected chi connectivity index (χ1v) is 6.10. The molecule has 2 aliphatic heterocycles. The summed E-state index contributed by atoms with van der Waals surface area (Å²) in [5, 5.41) is 0. The first kappa shape index (κ1) is 9.88. The molecule has 0 unspecified atom stereocenters. The van der Waals surface area contributed by atoms with Crippen molar-refractivity contribution >= 4 is 5.91 Å². The lowest BCUT2D eigenvalue weighted by Gasteiger charge is -2.20. The van der Waals surface area contributed by atoms with E-state index in [2.05, 4.69) is 36.1 Å². The third kappa shape index (κ3) is 1.44. The number of fused-ring (bicyclic) bond motifs is 1. The van der Waals surface area contributed by atoms with Crippen LogP contribution in [-0.4, -0.2) is 23.4 Å². The van der Waals surface area contributed by atoms with Crippen molar-refractivity contribution in [3.05, 3.63) is 35.9 Å². The summed E-state index contributed by atoms with van der Waals surface area (Å²) in [6, 6.07) is 11.0.